The van der Waals surface area contributed by atoms with Crippen molar-refractivity contribution in [3.8, 4) is 0 Å². The van der Waals surface area contributed by atoms with E-state index in [1.165, 1.54) is 4.57 Å². The summed E-state index contributed by atoms with van der Waals surface area (Å²) in [5.41, 5.74) is -0.728. The molecule has 0 aromatic carbocycles. The molecule has 1 saturated heterocycles. The fourth-order valence-electron chi connectivity index (χ4n) is 2.53. The quantitative estimate of drug-likeness (QED) is 0.609. The predicted molar refractivity (Wildman–Crippen MR) is 88.1 cm³/mol. The van der Waals surface area contributed by atoms with Crippen molar-refractivity contribution in [2.75, 3.05) is 6.61 Å². The molecule has 0 spiro atoms. The summed E-state index contributed by atoms with van der Waals surface area (Å²) in [6, 6.07) is 0. The van der Waals surface area contributed by atoms with E-state index in [4.69, 9.17) is 9.47 Å². The topological polar surface area (TPSA) is 73.3 Å². The number of hydrogen-bond acceptors (Lipinski definition) is 4. The predicted octanol–water partition coefficient (Wildman–Crippen LogP) is 1.75. The van der Waals surface area contributed by atoms with Gasteiger partial charge < -0.3 is 9.47 Å². The lowest BCUT2D eigenvalue weighted by Crippen LogP contribution is -2.39. The van der Waals surface area contributed by atoms with Crippen LogP contribution in [-0.2, 0) is 9.47 Å². The molecule has 2 heterocycles. The molecule has 0 aliphatic carbocycles. The minimum atomic E-state index is -0.528. The van der Waals surface area contributed by atoms with Gasteiger partial charge in [0, 0.05) is 18.4 Å². The van der Waals surface area contributed by atoms with Crippen LogP contribution in [0.4, 0.5) is 0 Å². The van der Waals surface area contributed by atoms with Gasteiger partial charge in [0.25, 0.3) is 5.56 Å². The minimum absolute atomic E-state index is 0.115. The second-order valence-electron chi connectivity index (χ2n) is 5.48. The normalized spacial score (nSPS) is 32.5. The number of nitrogens with one attached hydrogen (secondary N) is 1. The van der Waals surface area contributed by atoms with Crippen molar-refractivity contribution in [3.63, 3.8) is 0 Å². The van der Waals surface area contributed by atoms with E-state index in [0.717, 1.165) is 6.42 Å². The first-order chi connectivity index (χ1) is 9.84. The fraction of sp³-hybridized carbons (Fsp3) is 0.714. The Morgan fingerprint density at radius 2 is 2.14 bits per heavy atom. The van der Waals surface area contributed by atoms with E-state index in [1.807, 2.05) is 13.8 Å². The van der Waals surface area contributed by atoms with Crippen molar-refractivity contribution in [1.82, 2.24) is 9.55 Å². The number of hydrogen-bond donors (Lipinski definition) is 1. The standard InChI is InChI=1S/C14H21IN2O4/c1-5-14(4)10(15)9(20-6-2)12(21-14)17-7-8(3)11(18)16-13(17)19/h7,9-10,12H,5-6H2,1-4H3,(H,16,18,19)/t9-,10?,12+,14+/m0/s1. The van der Waals surface area contributed by atoms with Crippen LogP contribution in [0.5, 0.6) is 0 Å². The SMILES string of the molecule is CCO[C@H]1C(I)[C@@](C)(CC)O[C@H]1n1cc(C)c(=O)[nH]c1=O. The monoisotopic (exact) mass is 408 g/mol. The zero-order valence-corrected chi connectivity index (χ0v) is 14.8. The van der Waals surface area contributed by atoms with Crippen LogP contribution in [0.25, 0.3) is 0 Å². The maximum absolute atomic E-state index is 12.1. The van der Waals surface area contributed by atoms with E-state index in [0.29, 0.717) is 12.2 Å². The highest BCUT2D eigenvalue weighted by Crippen LogP contribution is 2.44. The molecule has 6 nitrogen and oxygen atoms in total. The molecule has 21 heavy (non-hydrogen) atoms. The lowest BCUT2D eigenvalue weighted by atomic mass is 9.98. The number of aromatic nitrogens is 2. The van der Waals surface area contributed by atoms with Crippen molar-refractivity contribution in [1.29, 1.82) is 0 Å². The van der Waals surface area contributed by atoms with Crippen molar-refractivity contribution in [2.24, 2.45) is 0 Å². The summed E-state index contributed by atoms with van der Waals surface area (Å²) in [4.78, 5) is 25.9. The van der Waals surface area contributed by atoms with Gasteiger partial charge in [-0.05, 0) is 27.2 Å². The first kappa shape index (κ1) is 16.7. The van der Waals surface area contributed by atoms with Crippen LogP contribution in [-0.4, -0.2) is 31.8 Å². The lowest BCUT2D eigenvalue weighted by Gasteiger charge is -2.26. The Morgan fingerprint density at radius 1 is 1.48 bits per heavy atom. The molecule has 1 aliphatic heterocycles. The highest BCUT2D eigenvalue weighted by molar-refractivity contribution is 14.1. The van der Waals surface area contributed by atoms with Gasteiger partial charge in [0.2, 0.25) is 0 Å². The van der Waals surface area contributed by atoms with Gasteiger partial charge in [-0.1, -0.05) is 29.5 Å². The van der Waals surface area contributed by atoms with Crippen LogP contribution in [0.15, 0.2) is 15.8 Å². The van der Waals surface area contributed by atoms with E-state index in [-0.39, 0.29) is 21.2 Å². The van der Waals surface area contributed by atoms with E-state index in [9.17, 15) is 9.59 Å². The first-order valence-corrected chi connectivity index (χ1v) is 8.34. The smallest absolute Gasteiger partial charge is 0.330 e. The first-order valence-electron chi connectivity index (χ1n) is 7.09. The largest absolute Gasteiger partial charge is 0.373 e. The molecule has 118 valence electrons. The third kappa shape index (κ3) is 2.95. The van der Waals surface area contributed by atoms with E-state index >= 15 is 0 Å². The number of alkyl halides is 1. The molecular weight excluding hydrogens is 387 g/mol. The number of ether oxygens (including phenoxy) is 2. The summed E-state index contributed by atoms with van der Waals surface area (Å²) in [5, 5.41) is 0. The molecular formula is C14H21IN2O4. The molecule has 1 aliphatic rings. The maximum atomic E-state index is 12.1. The summed E-state index contributed by atoms with van der Waals surface area (Å²) in [5.74, 6) is 0. The maximum Gasteiger partial charge on any atom is 0.330 e. The molecule has 0 bridgehead atoms. The van der Waals surface area contributed by atoms with Crippen LogP contribution in [0.2, 0.25) is 0 Å². The Bertz CT molecular complexity index is 626. The van der Waals surface area contributed by atoms with Gasteiger partial charge >= 0.3 is 5.69 Å². The van der Waals surface area contributed by atoms with Crippen LogP contribution in [0.1, 0.15) is 39.0 Å². The van der Waals surface area contributed by atoms with Crippen LogP contribution in [0, 0.1) is 6.92 Å². The zero-order valence-electron chi connectivity index (χ0n) is 12.7. The Kier molecular flexibility index (Phi) is 4.94. The van der Waals surface area contributed by atoms with Gasteiger partial charge in [0.1, 0.15) is 6.10 Å². The molecule has 7 heteroatoms. The lowest BCUT2D eigenvalue weighted by molar-refractivity contribution is -0.0940. The molecule has 2 rings (SSSR count). The molecule has 4 atom stereocenters. The van der Waals surface area contributed by atoms with Gasteiger partial charge in [-0.2, -0.15) is 0 Å². The molecule has 0 saturated carbocycles. The zero-order chi connectivity index (χ0) is 15.8. The third-order valence-electron chi connectivity index (χ3n) is 4.02. The van der Waals surface area contributed by atoms with E-state index < -0.39 is 11.9 Å². The van der Waals surface area contributed by atoms with Gasteiger partial charge in [-0.3, -0.25) is 14.3 Å². The number of nitrogens with zero attached hydrogens (tertiary/aromatic N) is 1. The Morgan fingerprint density at radius 3 is 2.71 bits per heavy atom. The van der Waals surface area contributed by atoms with Crippen molar-refractivity contribution >= 4 is 22.6 Å². The van der Waals surface area contributed by atoms with Gasteiger partial charge in [-0.25, -0.2) is 4.79 Å². The molecule has 1 unspecified atom stereocenters. The van der Waals surface area contributed by atoms with Crippen molar-refractivity contribution in [2.45, 2.75) is 56.0 Å². The molecule has 1 aromatic heterocycles. The summed E-state index contributed by atoms with van der Waals surface area (Å²) in [6.07, 6.45) is 1.60. The summed E-state index contributed by atoms with van der Waals surface area (Å²) >= 11 is 2.33. The molecule has 0 radical (unpaired) electrons. The number of halogens is 1. The average molecular weight is 408 g/mol. The van der Waals surface area contributed by atoms with Gasteiger partial charge in [0.05, 0.1) is 9.53 Å². The van der Waals surface area contributed by atoms with Crippen LogP contribution >= 0.6 is 22.6 Å². The molecule has 1 fully saturated rings. The van der Waals surface area contributed by atoms with E-state index in [1.54, 1.807) is 13.1 Å². The Labute approximate surface area is 137 Å². The molecule has 1 aromatic rings. The number of H-pyrrole nitrogens is 1. The Balaban J connectivity index is 2.49. The summed E-state index contributed by atoms with van der Waals surface area (Å²) < 4.78 is 13.5. The molecule has 0 amide bonds. The van der Waals surface area contributed by atoms with Gasteiger partial charge in [-0.15, -0.1) is 0 Å². The molecule has 1 N–H and O–H groups in total. The summed E-state index contributed by atoms with van der Waals surface area (Å²) in [6.45, 7) is 8.21. The second-order valence-corrected chi connectivity index (χ2v) is 6.82. The highest BCUT2D eigenvalue weighted by atomic mass is 127. The summed E-state index contributed by atoms with van der Waals surface area (Å²) in [7, 11) is 0. The highest BCUT2D eigenvalue weighted by Gasteiger charge is 2.51. The fourth-order valence-corrected chi connectivity index (χ4v) is 3.68. The van der Waals surface area contributed by atoms with Crippen LogP contribution < -0.4 is 11.2 Å². The van der Waals surface area contributed by atoms with Gasteiger partial charge in [0.15, 0.2) is 6.23 Å². The third-order valence-corrected chi connectivity index (χ3v) is 6.05. The minimum Gasteiger partial charge on any atom is -0.373 e. The number of aromatic amines is 1. The second kappa shape index (κ2) is 6.21. The van der Waals surface area contributed by atoms with Crippen molar-refractivity contribution < 1.29 is 9.47 Å². The van der Waals surface area contributed by atoms with Crippen molar-refractivity contribution in [3.05, 3.63) is 32.6 Å². The Hall–Kier alpha value is -0.670. The number of rotatable bonds is 4. The van der Waals surface area contributed by atoms with Crippen LogP contribution in [0.3, 0.4) is 0 Å². The number of aryl methyl sites for hydroxylation is 1. The van der Waals surface area contributed by atoms with E-state index in [2.05, 4.69) is 34.5 Å². The average Bonchev–Trinajstić information content (AvgIpc) is 2.69.